The number of sulfonamides is 1. The van der Waals surface area contributed by atoms with Gasteiger partial charge in [-0.2, -0.15) is 5.10 Å². The standard InChI is InChI=1S/C21H25IN6O4S2/c1-12-5-6-14-17(12)24-15-4-2-3-13(15)18(14)25-20(29)26-34(30,31)16-7-23-28-10-21(11-32-19(16)28)8-27(9-21)33-22/h7,12H,2-6,8-11H2,1H3,(H2,24,25,26,29). The Morgan fingerprint density at radius 3 is 2.88 bits per heavy atom. The van der Waals surface area contributed by atoms with Crippen LogP contribution < -0.4 is 14.8 Å². The van der Waals surface area contributed by atoms with E-state index in [9.17, 15) is 13.2 Å². The first-order chi connectivity index (χ1) is 16.3. The summed E-state index contributed by atoms with van der Waals surface area (Å²) in [7, 11) is -2.50. The van der Waals surface area contributed by atoms with E-state index in [1.54, 1.807) is 13.8 Å². The van der Waals surface area contributed by atoms with Crippen molar-refractivity contribution in [2.24, 2.45) is 5.41 Å². The Hall–Kier alpha value is -1.58. The number of carbonyl (C=O) groups excluding carboxylic acids is 1. The lowest BCUT2D eigenvalue weighted by molar-refractivity contribution is -0.0219. The van der Waals surface area contributed by atoms with Crippen LogP contribution in [0.2, 0.25) is 0 Å². The molecule has 1 spiro atoms. The fourth-order valence-electron chi connectivity index (χ4n) is 5.60. The number of hydrogen-bond acceptors (Lipinski definition) is 8. The fourth-order valence-corrected chi connectivity index (χ4v) is 8.06. The summed E-state index contributed by atoms with van der Waals surface area (Å²) in [6.45, 7) is 4.88. The molecule has 4 heterocycles. The molecule has 6 rings (SSSR count). The minimum Gasteiger partial charge on any atom is -0.476 e. The highest BCUT2D eigenvalue weighted by Gasteiger charge is 2.48. The number of hydrogen-bond donors (Lipinski definition) is 2. The molecule has 2 amide bonds. The molecule has 2 aliphatic heterocycles. The number of aryl methyl sites for hydroxylation is 1. The first-order valence-corrected chi connectivity index (χ1v) is 16.2. The summed E-state index contributed by atoms with van der Waals surface area (Å²) in [4.78, 5) is 17.6. The molecule has 0 saturated carbocycles. The predicted molar refractivity (Wildman–Crippen MR) is 136 cm³/mol. The van der Waals surface area contributed by atoms with Crippen molar-refractivity contribution >= 4 is 52.1 Å². The van der Waals surface area contributed by atoms with Crippen LogP contribution in [0.15, 0.2) is 11.1 Å². The van der Waals surface area contributed by atoms with E-state index in [0.717, 1.165) is 73.4 Å². The molecule has 1 saturated heterocycles. The first-order valence-electron chi connectivity index (χ1n) is 11.4. The normalized spacial score (nSPS) is 22.5. The number of amides is 2. The minimum absolute atomic E-state index is 0.0533. The van der Waals surface area contributed by atoms with E-state index >= 15 is 0 Å². The second kappa shape index (κ2) is 8.23. The fraction of sp³-hybridized carbons (Fsp3) is 0.571. The van der Waals surface area contributed by atoms with Gasteiger partial charge in [0.25, 0.3) is 10.0 Å². The molecule has 182 valence electrons. The minimum atomic E-state index is -4.16. The number of urea groups is 1. The van der Waals surface area contributed by atoms with E-state index in [1.807, 2.05) is 0 Å². The van der Waals surface area contributed by atoms with Gasteiger partial charge in [-0.3, -0.25) is 4.98 Å². The molecular weight excluding hydrogens is 591 g/mol. The maximum atomic E-state index is 13.1. The Morgan fingerprint density at radius 2 is 2.09 bits per heavy atom. The molecule has 0 aromatic carbocycles. The average molecular weight is 617 g/mol. The Bertz CT molecular complexity index is 1290. The van der Waals surface area contributed by atoms with Gasteiger partial charge in [0, 0.05) is 45.7 Å². The Labute approximate surface area is 214 Å². The Morgan fingerprint density at radius 1 is 1.26 bits per heavy atom. The molecule has 4 aliphatic rings. The summed E-state index contributed by atoms with van der Waals surface area (Å²) in [6.07, 6.45) is 5.79. The molecule has 0 radical (unpaired) electrons. The third kappa shape index (κ3) is 3.69. The maximum absolute atomic E-state index is 13.1. The van der Waals surface area contributed by atoms with E-state index < -0.39 is 16.1 Å². The molecule has 34 heavy (non-hydrogen) atoms. The van der Waals surface area contributed by atoms with Gasteiger partial charge in [-0.1, -0.05) is 6.92 Å². The van der Waals surface area contributed by atoms with Crippen LogP contribution in [-0.4, -0.2) is 53.2 Å². The smallest absolute Gasteiger partial charge is 0.333 e. The highest BCUT2D eigenvalue weighted by atomic mass is 127. The number of anilines is 1. The molecule has 10 nitrogen and oxygen atoms in total. The topological polar surface area (TPSA) is 118 Å². The Balaban J connectivity index is 1.21. The number of halogens is 1. The largest absolute Gasteiger partial charge is 0.476 e. The van der Waals surface area contributed by atoms with E-state index in [1.165, 1.54) is 6.20 Å². The number of nitrogens with zero attached hydrogens (tertiary/aromatic N) is 4. The lowest BCUT2D eigenvalue weighted by Crippen LogP contribution is -2.59. The first kappa shape index (κ1) is 22.9. The van der Waals surface area contributed by atoms with Gasteiger partial charge in [0.2, 0.25) is 5.88 Å². The summed E-state index contributed by atoms with van der Waals surface area (Å²) in [5.74, 6) is 0.525. The van der Waals surface area contributed by atoms with Crippen LogP contribution in [0.5, 0.6) is 5.88 Å². The number of ether oxygens (including phenoxy) is 1. The van der Waals surface area contributed by atoms with Gasteiger partial charge in [0.15, 0.2) is 4.90 Å². The Kier molecular flexibility index (Phi) is 5.54. The predicted octanol–water partition coefficient (Wildman–Crippen LogP) is 3.02. The van der Waals surface area contributed by atoms with Crippen LogP contribution in [0.25, 0.3) is 0 Å². The second-order valence-corrected chi connectivity index (χ2v) is 13.2. The third-order valence-corrected chi connectivity index (χ3v) is 10.7. The van der Waals surface area contributed by atoms with Gasteiger partial charge in [-0.25, -0.2) is 26.9 Å². The number of aromatic nitrogens is 3. The molecule has 13 heteroatoms. The summed E-state index contributed by atoms with van der Waals surface area (Å²) < 4.78 is 38.0. The van der Waals surface area contributed by atoms with Gasteiger partial charge < -0.3 is 10.1 Å². The molecule has 2 aliphatic carbocycles. The molecular formula is C21H25IN6O4S2. The van der Waals surface area contributed by atoms with E-state index in [0.29, 0.717) is 19.1 Å². The van der Waals surface area contributed by atoms with E-state index in [-0.39, 0.29) is 16.2 Å². The molecule has 2 N–H and O–H groups in total. The van der Waals surface area contributed by atoms with Crippen LogP contribution in [-0.2, 0) is 35.8 Å². The van der Waals surface area contributed by atoms with Gasteiger partial charge in [-0.05, 0) is 58.3 Å². The van der Waals surface area contributed by atoms with Crippen LogP contribution >= 0.6 is 30.3 Å². The van der Waals surface area contributed by atoms with Crippen LogP contribution in [0, 0.1) is 5.41 Å². The SMILES string of the molecule is CC1CCc2c1nc1c(c2NC(=O)NS(=O)(=O)c2cnn3c2OCC2(CN(SI)C2)C3)CCC1. The van der Waals surface area contributed by atoms with Gasteiger partial charge in [-0.15, -0.1) is 0 Å². The zero-order valence-electron chi connectivity index (χ0n) is 18.6. The number of carbonyl (C=O) groups is 1. The maximum Gasteiger partial charge on any atom is 0.333 e. The van der Waals surface area contributed by atoms with E-state index in [4.69, 9.17) is 9.72 Å². The lowest BCUT2D eigenvalue weighted by Gasteiger charge is -2.49. The van der Waals surface area contributed by atoms with Crippen molar-refractivity contribution in [2.75, 3.05) is 25.0 Å². The van der Waals surface area contributed by atoms with Crippen molar-refractivity contribution in [1.82, 2.24) is 23.8 Å². The molecule has 2 aromatic rings. The van der Waals surface area contributed by atoms with Gasteiger partial charge in [0.1, 0.15) is 0 Å². The molecule has 1 unspecified atom stereocenters. The van der Waals surface area contributed by atoms with Gasteiger partial charge in [0.05, 0.1) is 30.5 Å². The van der Waals surface area contributed by atoms with Gasteiger partial charge >= 0.3 is 6.03 Å². The van der Waals surface area contributed by atoms with E-state index in [2.05, 4.69) is 47.6 Å². The van der Waals surface area contributed by atoms with Crippen molar-refractivity contribution in [3.05, 3.63) is 28.7 Å². The summed E-state index contributed by atoms with van der Waals surface area (Å²) in [5.41, 5.74) is 4.82. The lowest BCUT2D eigenvalue weighted by atomic mass is 9.82. The number of pyridine rings is 1. The summed E-state index contributed by atoms with van der Waals surface area (Å²) >= 11 is 2.25. The van der Waals surface area contributed by atoms with Crippen LogP contribution in [0.3, 0.4) is 0 Å². The van der Waals surface area contributed by atoms with Crippen molar-refractivity contribution in [3.63, 3.8) is 0 Å². The zero-order chi connectivity index (χ0) is 23.7. The summed E-state index contributed by atoms with van der Waals surface area (Å²) in [5, 5.41) is 7.11. The highest BCUT2D eigenvalue weighted by Crippen LogP contribution is 2.44. The third-order valence-electron chi connectivity index (χ3n) is 7.29. The molecule has 1 fully saturated rings. The van der Waals surface area contributed by atoms with Crippen molar-refractivity contribution < 1.29 is 17.9 Å². The van der Waals surface area contributed by atoms with Crippen molar-refractivity contribution in [2.45, 2.75) is 56.4 Å². The summed E-state index contributed by atoms with van der Waals surface area (Å²) in [6, 6.07) is -0.775. The quantitative estimate of drug-likeness (QED) is 0.398. The van der Waals surface area contributed by atoms with Crippen molar-refractivity contribution in [1.29, 1.82) is 0 Å². The number of fused-ring (bicyclic) bond motifs is 3. The zero-order valence-corrected chi connectivity index (χ0v) is 22.4. The monoisotopic (exact) mass is 616 g/mol. The van der Waals surface area contributed by atoms with Crippen LogP contribution in [0.1, 0.15) is 48.2 Å². The average Bonchev–Trinajstić information content (AvgIpc) is 3.50. The second-order valence-electron chi connectivity index (χ2n) is 9.76. The van der Waals surface area contributed by atoms with Crippen molar-refractivity contribution in [3.8, 4) is 5.88 Å². The molecule has 2 aromatic heterocycles. The molecule has 1 atom stereocenters. The van der Waals surface area contributed by atoms with Crippen LogP contribution in [0.4, 0.5) is 10.5 Å². The molecule has 0 bridgehead atoms. The number of rotatable bonds is 4. The number of nitrogens with one attached hydrogen (secondary N) is 2. The highest BCUT2D eigenvalue weighted by molar-refractivity contribution is 14.2.